The number of halogens is 3. The van der Waals surface area contributed by atoms with Gasteiger partial charge in [0, 0.05) is 25.1 Å². The van der Waals surface area contributed by atoms with Gasteiger partial charge in [0.25, 0.3) is 0 Å². The highest BCUT2D eigenvalue weighted by Crippen LogP contribution is 2.34. The largest absolute Gasteiger partial charge is 0.418 e. The molecule has 0 saturated carbocycles. The van der Waals surface area contributed by atoms with Crippen molar-refractivity contribution in [3.05, 3.63) is 70.9 Å². The van der Waals surface area contributed by atoms with Gasteiger partial charge in [-0.3, -0.25) is 4.79 Å². The number of para-hydroxylation sites is 1. The van der Waals surface area contributed by atoms with E-state index >= 15 is 0 Å². The van der Waals surface area contributed by atoms with E-state index in [1.54, 1.807) is 10.7 Å². The molecule has 8 nitrogen and oxygen atoms in total. The van der Waals surface area contributed by atoms with E-state index in [0.717, 1.165) is 39.5 Å². The van der Waals surface area contributed by atoms with E-state index in [4.69, 9.17) is 9.84 Å². The Hall–Kier alpha value is -3.86. The molecule has 1 aromatic heterocycles. The van der Waals surface area contributed by atoms with Gasteiger partial charge in [-0.25, -0.2) is 9.48 Å². The summed E-state index contributed by atoms with van der Waals surface area (Å²) in [4.78, 5) is 27.2. The van der Waals surface area contributed by atoms with Gasteiger partial charge in [-0.1, -0.05) is 50.6 Å². The summed E-state index contributed by atoms with van der Waals surface area (Å²) < 4.78 is 46.9. The zero-order chi connectivity index (χ0) is 29.0. The number of anilines is 2. The molecule has 2 N–H and O–H groups in total. The number of carbonyl (C=O) groups excluding carboxylic acids is 2. The van der Waals surface area contributed by atoms with E-state index in [1.165, 1.54) is 19.2 Å². The first kappa shape index (κ1) is 29.7. The second-order valence-electron chi connectivity index (χ2n) is 10.3. The van der Waals surface area contributed by atoms with Gasteiger partial charge in [0.15, 0.2) is 0 Å². The average Bonchev–Trinajstić information content (AvgIpc) is 3.25. The fourth-order valence-electron chi connectivity index (χ4n) is 3.91. The number of carbonyl (C=O) groups is 2. The maximum atomic E-state index is 13.4. The van der Waals surface area contributed by atoms with E-state index < -0.39 is 35.9 Å². The first-order valence-corrected chi connectivity index (χ1v) is 12.4. The predicted octanol–water partition coefficient (Wildman–Crippen LogP) is 5.92. The second kappa shape index (κ2) is 11.9. The van der Waals surface area contributed by atoms with Crippen molar-refractivity contribution in [1.29, 1.82) is 0 Å². The van der Waals surface area contributed by atoms with E-state index in [0.29, 0.717) is 5.82 Å². The number of rotatable bonds is 8. The van der Waals surface area contributed by atoms with Gasteiger partial charge >= 0.3 is 12.2 Å². The molecule has 0 atom stereocenters. The van der Waals surface area contributed by atoms with Crippen molar-refractivity contribution in [2.45, 2.75) is 46.2 Å². The zero-order valence-electron chi connectivity index (χ0n) is 22.9. The minimum absolute atomic E-state index is 0.0203. The molecule has 0 fully saturated rings. The van der Waals surface area contributed by atoms with Crippen molar-refractivity contribution >= 4 is 23.4 Å². The van der Waals surface area contributed by atoms with E-state index in [1.807, 2.05) is 52.8 Å². The molecule has 0 aliphatic heterocycles. The predicted molar refractivity (Wildman–Crippen MR) is 144 cm³/mol. The first-order chi connectivity index (χ1) is 18.2. The lowest BCUT2D eigenvalue weighted by molar-refractivity contribution is -0.137. The van der Waals surface area contributed by atoms with Gasteiger partial charge in [0.05, 0.1) is 29.2 Å². The van der Waals surface area contributed by atoms with Crippen molar-refractivity contribution in [2.75, 3.05) is 37.4 Å². The van der Waals surface area contributed by atoms with Crippen molar-refractivity contribution in [3.63, 3.8) is 0 Å². The number of hydrogen-bond acceptors (Lipinski definition) is 4. The van der Waals surface area contributed by atoms with Crippen molar-refractivity contribution in [2.24, 2.45) is 0 Å². The maximum absolute atomic E-state index is 13.4. The van der Waals surface area contributed by atoms with Crippen molar-refractivity contribution < 1.29 is 27.5 Å². The van der Waals surface area contributed by atoms with Gasteiger partial charge in [-0.2, -0.15) is 18.3 Å². The smallest absolute Gasteiger partial charge is 0.383 e. The summed E-state index contributed by atoms with van der Waals surface area (Å²) in [6, 6.07) is 11.4. The number of methoxy groups -OCH3 is 1. The number of alkyl halides is 3. The summed E-state index contributed by atoms with van der Waals surface area (Å²) in [5, 5.41) is 9.84. The molecule has 0 aliphatic carbocycles. The summed E-state index contributed by atoms with van der Waals surface area (Å²) in [5.41, 5.74) is 1.87. The Bertz CT molecular complexity index is 1330. The fraction of sp³-hybridized carbons (Fsp3) is 0.393. The Kier molecular flexibility index (Phi) is 9.06. The Morgan fingerprint density at radius 3 is 2.33 bits per heavy atom. The normalized spacial score (nSPS) is 11.8. The Balaban J connectivity index is 1.86. The molecule has 210 valence electrons. The van der Waals surface area contributed by atoms with Crippen molar-refractivity contribution in [1.82, 2.24) is 14.7 Å². The van der Waals surface area contributed by atoms with Gasteiger partial charge in [-0.15, -0.1) is 0 Å². The van der Waals surface area contributed by atoms with Crippen LogP contribution in [-0.2, 0) is 21.1 Å². The van der Waals surface area contributed by atoms with Crippen LogP contribution in [0.5, 0.6) is 0 Å². The van der Waals surface area contributed by atoms with Gasteiger partial charge in [-0.05, 0) is 37.6 Å². The number of nitrogens with one attached hydrogen (secondary N) is 2. The van der Waals surface area contributed by atoms with Crippen LogP contribution >= 0.6 is 0 Å². The molecule has 0 bridgehead atoms. The summed E-state index contributed by atoms with van der Waals surface area (Å²) in [6.07, 6.45) is -4.66. The maximum Gasteiger partial charge on any atom is 0.418 e. The topological polar surface area (TPSA) is 88.5 Å². The zero-order valence-corrected chi connectivity index (χ0v) is 22.9. The number of amides is 3. The number of hydrogen-bond donors (Lipinski definition) is 2. The second-order valence-corrected chi connectivity index (χ2v) is 10.3. The van der Waals surface area contributed by atoms with Crippen LogP contribution in [0, 0.1) is 13.8 Å². The molecule has 2 aromatic carbocycles. The molecular formula is C28H34F3N5O3. The lowest BCUT2D eigenvalue weighted by Crippen LogP contribution is -2.42. The number of nitrogens with zero attached hydrogens (tertiary/aromatic N) is 3. The Morgan fingerprint density at radius 2 is 1.72 bits per heavy atom. The highest BCUT2D eigenvalue weighted by atomic mass is 19.4. The van der Waals surface area contributed by atoms with E-state index in [9.17, 15) is 22.8 Å². The summed E-state index contributed by atoms with van der Waals surface area (Å²) in [5.74, 6) is -0.136. The van der Waals surface area contributed by atoms with Gasteiger partial charge < -0.3 is 20.3 Å². The van der Waals surface area contributed by atoms with Crippen molar-refractivity contribution in [3.8, 4) is 5.69 Å². The minimum Gasteiger partial charge on any atom is -0.383 e. The lowest BCUT2D eigenvalue weighted by atomic mass is 9.92. The van der Waals surface area contributed by atoms with Crippen LogP contribution in [0.25, 0.3) is 5.69 Å². The van der Waals surface area contributed by atoms with Gasteiger partial charge in [0.2, 0.25) is 5.91 Å². The molecule has 3 rings (SSSR count). The fourth-order valence-corrected chi connectivity index (χ4v) is 3.91. The molecule has 11 heteroatoms. The third kappa shape index (κ3) is 7.60. The van der Waals surface area contributed by atoms with Crippen LogP contribution < -0.4 is 10.6 Å². The van der Waals surface area contributed by atoms with Crippen LogP contribution in [0.2, 0.25) is 0 Å². The van der Waals surface area contributed by atoms with Crippen LogP contribution in [0.4, 0.5) is 29.5 Å². The standard InChI is InChI=1S/C28H34F3N5O3/c1-18-11-12-22(19(2)15-18)36-24(16-23(34-36)27(3,4)5)33-25(37)17-35(13-14-39-6)26(38)32-21-10-8-7-9-20(21)28(29,30)31/h7-12,15-16H,13-14,17H2,1-6H3,(H,32,38)(H,33,37). The molecular weight excluding hydrogens is 511 g/mol. The highest BCUT2D eigenvalue weighted by Gasteiger charge is 2.34. The third-order valence-electron chi connectivity index (χ3n) is 5.99. The average molecular weight is 546 g/mol. The van der Waals surface area contributed by atoms with E-state index in [-0.39, 0.29) is 18.6 Å². The van der Waals surface area contributed by atoms with Crippen LogP contribution in [0.3, 0.4) is 0 Å². The number of benzene rings is 2. The third-order valence-corrected chi connectivity index (χ3v) is 5.99. The monoisotopic (exact) mass is 545 g/mol. The number of aryl methyl sites for hydroxylation is 2. The molecule has 3 aromatic rings. The lowest BCUT2D eigenvalue weighted by Gasteiger charge is -2.23. The molecule has 0 saturated heterocycles. The molecule has 3 amide bonds. The quantitative estimate of drug-likeness (QED) is 0.368. The number of aromatic nitrogens is 2. The number of ether oxygens (including phenoxy) is 1. The summed E-state index contributed by atoms with van der Waals surface area (Å²) in [7, 11) is 1.42. The molecule has 1 heterocycles. The SMILES string of the molecule is COCCN(CC(=O)Nc1cc(C(C)(C)C)nn1-c1ccc(C)cc1C)C(=O)Nc1ccccc1C(F)(F)F. The summed E-state index contributed by atoms with van der Waals surface area (Å²) in [6.45, 7) is 9.57. The van der Waals surface area contributed by atoms with Crippen LogP contribution in [-0.4, -0.2) is 53.4 Å². The molecule has 0 aliphatic rings. The van der Waals surface area contributed by atoms with Crippen LogP contribution in [0.15, 0.2) is 48.5 Å². The Morgan fingerprint density at radius 1 is 1.03 bits per heavy atom. The van der Waals surface area contributed by atoms with Gasteiger partial charge in [0.1, 0.15) is 12.4 Å². The highest BCUT2D eigenvalue weighted by molar-refractivity contribution is 5.97. The number of urea groups is 1. The first-order valence-electron chi connectivity index (χ1n) is 12.4. The Labute approximate surface area is 226 Å². The molecule has 0 unspecified atom stereocenters. The van der Waals surface area contributed by atoms with Crippen LogP contribution in [0.1, 0.15) is 43.2 Å². The summed E-state index contributed by atoms with van der Waals surface area (Å²) >= 11 is 0. The molecule has 0 radical (unpaired) electrons. The molecule has 0 spiro atoms. The molecule has 39 heavy (non-hydrogen) atoms. The minimum atomic E-state index is -4.66. The van der Waals surface area contributed by atoms with E-state index in [2.05, 4.69) is 10.6 Å².